The molecule has 1 amide bonds. The highest BCUT2D eigenvalue weighted by atomic mass is 16.5. The molecule has 0 fully saturated rings. The quantitative estimate of drug-likeness (QED) is 0.415. The molecule has 0 spiro atoms. The Hall–Kier alpha value is -4.12. The minimum atomic E-state index is -0.160. The summed E-state index contributed by atoms with van der Waals surface area (Å²) in [6.45, 7) is 1.98. The number of methoxy groups -OCH3 is 1. The molecule has 1 heterocycles. The van der Waals surface area contributed by atoms with E-state index >= 15 is 0 Å². The van der Waals surface area contributed by atoms with Gasteiger partial charge in [-0.2, -0.15) is 0 Å². The normalized spacial score (nSPS) is 15.4. The lowest BCUT2D eigenvalue weighted by Gasteiger charge is -2.12. The Kier molecular flexibility index (Phi) is 6.46. The number of imidazole rings is 1. The summed E-state index contributed by atoms with van der Waals surface area (Å²) >= 11 is 0. The van der Waals surface area contributed by atoms with Crippen LogP contribution in [-0.2, 0) is 4.79 Å². The molecule has 2 aromatic carbocycles. The van der Waals surface area contributed by atoms with Gasteiger partial charge in [0.25, 0.3) is 0 Å². The zero-order chi connectivity index (χ0) is 22.3. The maximum Gasteiger partial charge on any atom is 0.244 e. The van der Waals surface area contributed by atoms with Crippen molar-refractivity contribution < 1.29 is 9.53 Å². The standard InChI is InChI=1S/C27H25N3O2/c1-3-4-5-8-21-18-24(23-10-7-6-9-22(21)23)29-27(31)14-12-20-11-13-25(26(17-20)32-2)30-16-15-28-19-30/h3-19,24H,1-2H3,(H,29,31)/b4-3-,8-5-,14-12+. The van der Waals surface area contributed by atoms with E-state index in [0.29, 0.717) is 5.75 Å². The van der Waals surface area contributed by atoms with Crippen LogP contribution in [0.5, 0.6) is 5.75 Å². The SMILES string of the molecule is C/C=C\C=C/C1=CC(NC(=O)/C=C/c2ccc(-n3ccnc3)c(OC)c2)c2ccccc21. The fourth-order valence-electron chi connectivity index (χ4n) is 3.71. The van der Waals surface area contributed by atoms with Gasteiger partial charge in [-0.05, 0) is 53.5 Å². The largest absolute Gasteiger partial charge is 0.495 e. The monoisotopic (exact) mass is 423 g/mol. The van der Waals surface area contributed by atoms with Crippen LogP contribution in [0.15, 0.2) is 97.6 Å². The summed E-state index contributed by atoms with van der Waals surface area (Å²) in [6, 6.07) is 13.8. The molecule has 0 saturated carbocycles. The van der Waals surface area contributed by atoms with Crippen molar-refractivity contribution in [2.45, 2.75) is 13.0 Å². The van der Waals surface area contributed by atoms with Crippen LogP contribution in [0.3, 0.4) is 0 Å². The summed E-state index contributed by atoms with van der Waals surface area (Å²) < 4.78 is 7.39. The Morgan fingerprint density at radius 2 is 2.03 bits per heavy atom. The Balaban J connectivity index is 1.49. The first-order valence-corrected chi connectivity index (χ1v) is 10.4. The van der Waals surface area contributed by atoms with Gasteiger partial charge < -0.3 is 14.6 Å². The van der Waals surface area contributed by atoms with Gasteiger partial charge in [0.2, 0.25) is 5.91 Å². The Bertz CT molecular complexity index is 1220. The molecule has 0 aliphatic heterocycles. The maximum absolute atomic E-state index is 12.7. The second-order valence-corrected chi connectivity index (χ2v) is 7.31. The maximum atomic E-state index is 12.7. The smallest absolute Gasteiger partial charge is 0.244 e. The van der Waals surface area contributed by atoms with E-state index in [0.717, 1.165) is 28.0 Å². The first-order valence-electron chi connectivity index (χ1n) is 10.4. The lowest BCUT2D eigenvalue weighted by molar-refractivity contribution is -0.116. The number of carbonyl (C=O) groups is 1. The predicted octanol–water partition coefficient (Wildman–Crippen LogP) is 5.28. The molecule has 1 unspecified atom stereocenters. The van der Waals surface area contributed by atoms with E-state index in [1.54, 1.807) is 31.8 Å². The number of allylic oxidation sites excluding steroid dienone is 5. The van der Waals surface area contributed by atoms with E-state index in [9.17, 15) is 4.79 Å². The molecule has 5 nitrogen and oxygen atoms in total. The van der Waals surface area contributed by atoms with Crippen molar-refractivity contribution in [1.29, 1.82) is 0 Å². The zero-order valence-corrected chi connectivity index (χ0v) is 18.1. The van der Waals surface area contributed by atoms with Crippen molar-refractivity contribution in [1.82, 2.24) is 14.9 Å². The fraction of sp³-hybridized carbons (Fsp3) is 0.111. The topological polar surface area (TPSA) is 56.2 Å². The summed E-state index contributed by atoms with van der Waals surface area (Å²) in [7, 11) is 1.63. The van der Waals surface area contributed by atoms with Crippen LogP contribution in [0.4, 0.5) is 0 Å². The molecule has 0 saturated heterocycles. The third-order valence-corrected chi connectivity index (χ3v) is 5.24. The van der Waals surface area contributed by atoms with Gasteiger partial charge in [-0.15, -0.1) is 0 Å². The first kappa shape index (κ1) is 21.1. The summed E-state index contributed by atoms with van der Waals surface area (Å²) in [6.07, 6.45) is 18.8. The molecule has 1 aliphatic carbocycles. The van der Waals surface area contributed by atoms with Gasteiger partial charge in [0.15, 0.2) is 0 Å². The van der Waals surface area contributed by atoms with Crippen molar-refractivity contribution in [2.75, 3.05) is 7.11 Å². The van der Waals surface area contributed by atoms with Gasteiger partial charge in [0.1, 0.15) is 5.75 Å². The average Bonchev–Trinajstić information content (AvgIpc) is 3.47. The van der Waals surface area contributed by atoms with Gasteiger partial charge in [0.05, 0.1) is 25.2 Å². The Labute approximate surface area is 188 Å². The van der Waals surface area contributed by atoms with Crippen LogP contribution >= 0.6 is 0 Å². The van der Waals surface area contributed by atoms with Crippen LogP contribution in [0, 0.1) is 0 Å². The summed E-state index contributed by atoms with van der Waals surface area (Å²) in [4.78, 5) is 16.7. The highest BCUT2D eigenvalue weighted by Gasteiger charge is 2.22. The second-order valence-electron chi connectivity index (χ2n) is 7.31. The lowest BCUT2D eigenvalue weighted by atomic mass is 10.0. The molecular weight excluding hydrogens is 398 g/mol. The van der Waals surface area contributed by atoms with E-state index in [2.05, 4.69) is 34.6 Å². The van der Waals surface area contributed by atoms with E-state index in [1.165, 1.54) is 0 Å². The number of nitrogens with one attached hydrogen (secondary N) is 1. The van der Waals surface area contributed by atoms with Crippen LogP contribution in [0.25, 0.3) is 17.3 Å². The summed E-state index contributed by atoms with van der Waals surface area (Å²) in [5, 5.41) is 3.09. The van der Waals surface area contributed by atoms with E-state index in [4.69, 9.17) is 4.74 Å². The number of hydrogen-bond acceptors (Lipinski definition) is 3. The molecular formula is C27H25N3O2. The number of benzene rings is 2. The van der Waals surface area contributed by atoms with Crippen LogP contribution in [0.2, 0.25) is 0 Å². The number of nitrogens with zero attached hydrogens (tertiary/aromatic N) is 2. The first-order chi connectivity index (χ1) is 15.7. The van der Waals surface area contributed by atoms with Crippen molar-refractivity contribution in [3.63, 3.8) is 0 Å². The van der Waals surface area contributed by atoms with Crippen molar-refractivity contribution in [2.24, 2.45) is 0 Å². The number of carbonyl (C=O) groups excluding carboxylic acids is 1. The third kappa shape index (κ3) is 4.62. The Morgan fingerprint density at radius 3 is 2.81 bits per heavy atom. The van der Waals surface area contributed by atoms with Crippen LogP contribution < -0.4 is 10.1 Å². The number of ether oxygens (including phenoxy) is 1. The predicted molar refractivity (Wildman–Crippen MR) is 128 cm³/mol. The number of fused-ring (bicyclic) bond motifs is 1. The molecule has 0 bridgehead atoms. The second kappa shape index (κ2) is 9.79. The van der Waals surface area contributed by atoms with Crippen LogP contribution in [0.1, 0.15) is 29.7 Å². The van der Waals surface area contributed by atoms with Crippen LogP contribution in [-0.4, -0.2) is 22.6 Å². The molecule has 1 aliphatic rings. The number of aromatic nitrogens is 2. The summed E-state index contributed by atoms with van der Waals surface area (Å²) in [5.74, 6) is 0.549. The average molecular weight is 424 g/mol. The number of hydrogen-bond donors (Lipinski definition) is 1. The van der Waals surface area contributed by atoms with Gasteiger partial charge in [-0.1, -0.05) is 54.6 Å². The highest BCUT2D eigenvalue weighted by molar-refractivity contribution is 5.93. The molecule has 1 aromatic heterocycles. The fourth-order valence-corrected chi connectivity index (χ4v) is 3.71. The lowest BCUT2D eigenvalue weighted by Crippen LogP contribution is -2.24. The number of amides is 1. The Morgan fingerprint density at radius 1 is 1.16 bits per heavy atom. The highest BCUT2D eigenvalue weighted by Crippen LogP contribution is 2.35. The number of rotatable bonds is 7. The summed E-state index contributed by atoms with van der Waals surface area (Å²) in [5.41, 5.74) is 5.10. The minimum Gasteiger partial charge on any atom is -0.495 e. The van der Waals surface area contributed by atoms with Crippen molar-refractivity contribution >= 4 is 17.6 Å². The van der Waals surface area contributed by atoms with Gasteiger partial charge >= 0.3 is 0 Å². The zero-order valence-electron chi connectivity index (χ0n) is 18.1. The van der Waals surface area contributed by atoms with Crippen molar-refractivity contribution in [3.8, 4) is 11.4 Å². The molecule has 4 rings (SSSR count). The van der Waals surface area contributed by atoms with Gasteiger partial charge in [0, 0.05) is 18.5 Å². The molecule has 1 N–H and O–H groups in total. The van der Waals surface area contributed by atoms with E-state index < -0.39 is 0 Å². The van der Waals surface area contributed by atoms with E-state index in [1.807, 2.05) is 66.2 Å². The molecule has 1 atom stereocenters. The van der Waals surface area contributed by atoms with Gasteiger partial charge in [-0.25, -0.2) is 4.98 Å². The molecule has 3 aromatic rings. The molecule has 5 heteroatoms. The molecule has 160 valence electrons. The van der Waals surface area contributed by atoms with E-state index in [-0.39, 0.29) is 11.9 Å². The third-order valence-electron chi connectivity index (χ3n) is 5.24. The minimum absolute atomic E-state index is 0.155. The molecule has 32 heavy (non-hydrogen) atoms. The van der Waals surface area contributed by atoms with Gasteiger partial charge in [-0.3, -0.25) is 4.79 Å². The van der Waals surface area contributed by atoms with Crippen molar-refractivity contribution in [3.05, 3.63) is 114 Å². The molecule has 0 radical (unpaired) electrons.